The van der Waals surface area contributed by atoms with E-state index in [4.69, 9.17) is 14.7 Å². The van der Waals surface area contributed by atoms with Gasteiger partial charge >= 0.3 is 10.3 Å². The lowest BCUT2D eigenvalue weighted by Gasteiger charge is -2.16. The molecule has 1 aliphatic heterocycles. The monoisotopic (exact) mass is 465 g/mol. The van der Waals surface area contributed by atoms with Crippen LogP contribution in [-0.4, -0.2) is 69.1 Å². The normalized spacial score (nSPS) is 23.4. The molecule has 2 aromatic heterocycles. The van der Waals surface area contributed by atoms with Crippen LogP contribution in [0.1, 0.15) is 16.6 Å². The number of ether oxygens (including phenoxy) is 1. The second-order valence-electron chi connectivity index (χ2n) is 6.96. The molecular formula is C18H19N5O8S. The zero-order chi connectivity index (χ0) is 23.0. The van der Waals surface area contributed by atoms with Crippen molar-refractivity contribution in [3.8, 4) is 5.75 Å². The van der Waals surface area contributed by atoms with Crippen LogP contribution in [0.3, 0.4) is 0 Å². The summed E-state index contributed by atoms with van der Waals surface area (Å²) in [5.41, 5.74) is 6.59. The van der Waals surface area contributed by atoms with Crippen molar-refractivity contribution in [3.05, 3.63) is 48.4 Å². The number of aromatic hydroxyl groups is 1. The van der Waals surface area contributed by atoms with Crippen LogP contribution in [0.4, 0.5) is 5.69 Å². The number of anilines is 1. The minimum Gasteiger partial charge on any atom is -0.507 e. The molecule has 3 heterocycles. The van der Waals surface area contributed by atoms with Crippen molar-refractivity contribution >= 4 is 33.1 Å². The molecule has 1 amide bonds. The summed E-state index contributed by atoms with van der Waals surface area (Å²) in [6, 6.07) is 6.89. The molecule has 170 valence electrons. The number of hydrogen-bond donors (Lipinski definition) is 5. The molecule has 0 bridgehead atoms. The van der Waals surface area contributed by atoms with E-state index in [2.05, 4.69) is 9.97 Å². The Morgan fingerprint density at radius 1 is 1.22 bits per heavy atom. The largest absolute Gasteiger partial charge is 0.507 e. The molecule has 14 heteroatoms. The Labute approximate surface area is 181 Å². The van der Waals surface area contributed by atoms with E-state index >= 15 is 0 Å². The smallest absolute Gasteiger partial charge is 0.362 e. The van der Waals surface area contributed by atoms with Crippen molar-refractivity contribution in [1.82, 2.24) is 19.3 Å². The van der Waals surface area contributed by atoms with Crippen LogP contribution in [0.25, 0.3) is 11.2 Å². The van der Waals surface area contributed by atoms with E-state index in [1.165, 1.54) is 41.4 Å². The predicted molar refractivity (Wildman–Crippen MR) is 108 cm³/mol. The molecule has 3 aromatic rings. The molecule has 6 N–H and O–H groups in total. The molecule has 4 atom stereocenters. The number of rotatable bonds is 6. The number of hydrogen-bond acceptors (Lipinski definition) is 11. The number of benzene rings is 1. The van der Waals surface area contributed by atoms with Crippen LogP contribution < -0.4 is 10.5 Å². The van der Waals surface area contributed by atoms with Gasteiger partial charge in [0.1, 0.15) is 29.6 Å². The first kappa shape index (κ1) is 21.9. The maximum atomic E-state index is 12.1. The van der Waals surface area contributed by atoms with Crippen molar-refractivity contribution in [2.45, 2.75) is 24.5 Å². The number of imidazole rings is 1. The number of fused-ring (bicyclic) bond motifs is 1. The molecular weight excluding hydrogens is 446 g/mol. The summed E-state index contributed by atoms with van der Waals surface area (Å²) in [5.74, 6) is -1.52. The van der Waals surface area contributed by atoms with Crippen LogP contribution >= 0.6 is 0 Å². The van der Waals surface area contributed by atoms with E-state index in [1.807, 2.05) is 0 Å². The molecule has 0 spiro atoms. The number of nitrogens with zero attached hydrogens (tertiary/aromatic N) is 3. The quantitative estimate of drug-likeness (QED) is 0.300. The molecule has 0 aliphatic carbocycles. The molecule has 13 nitrogen and oxygen atoms in total. The summed E-state index contributed by atoms with van der Waals surface area (Å²) in [6.45, 7) is -0.708. The molecule has 0 saturated carbocycles. The average molecular weight is 465 g/mol. The Bertz CT molecular complexity index is 1260. The number of amides is 1. The molecule has 0 radical (unpaired) electrons. The number of aliphatic hydroxyl groups is 2. The van der Waals surface area contributed by atoms with Gasteiger partial charge in [0.2, 0.25) is 0 Å². The molecule has 0 unspecified atom stereocenters. The highest BCUT2D eigenvalue weighted by molar-refractivity contribution is 7.85. The Hall–Kier alpha value is -3.30. The van der Waals surface area contributed by atoms with Gasteiger partial charge in [0, 0.05) is 6.20 Å². The van der Waals surface area contributed by atoms with Gasteiger partial charge < -0.3 is 25.8 Å². The van der Waals surface area contributed by atoms with Crippen molar-refractivity contribution in [2.24, 2.45) is 0 Å². The maximum absolute atomic E-state index is 12.1. The number of pyridine rings is 1. The van der Waals surface area contributed by atoms with Crippen LogP contribution in [-0.2, 0) is 19.2 Å². The van der Waals surface area contributed by atoms with Crippen molar-refractivity contribution in [2.75, 3.05) is 12.3 Å². The Morgan fingerprint density at radius 2 is 1.97 bits per heavy atom. The van der Waals surface area contributed by atoms with E-state index in [0.717, 1.165) is 0 Å². The first-order valence-corrected chi connectivity index (χ1v) is 10.7. The highest BCUT2D eigenvalue weighted by Crippen LogP contribution is 2.32. The van der Waals surface area contributed by atoms with Crippen molar-refractivity contribution in [1.29, 1.82) is 0 Å². The highest BCUT2D eigenvalue weighted by atomic mass is 32.2. The van der Waals surface area contributed by atoms with Gasteiger partial charge in [-0.25, -0.2) is 14.7 Å². The summed E-state index contributed by atoms with van der Waals surface area (Å²) in [4.78, 5) is 20.3. The maximum Gasteiger partial charge on any atom is 0.362 e. The summed E-state index contributed by atoms with van der Waals surface area (Å²) in [7, 11) is -4.62. The van der Waals surface area contributed by atoms with Gasteiger partial charge in [0.05, 0.1) is 24.2 Å². The summed E-state index contributed by atoms with van der Waals surface area (Å²) in [6.07, 6.45) is -2.61. The standard InChI is InChI=1S/C18H19N5O8S/c19-10-5-6-20-16-13(10)21-8-23(16)18-15(26)14(25)12(31-18)7-30-32(28,29)22-17(27)9-3-1-2-4-11(9)24/h1-6,8,12,14-15,18,24-26H,7H2,(H2,19,20)(H,22,27)/t12-,14-,15-,18-/m1/s1. The molecule has 4 rings (SSSR count). The van der Waals surface area contributed by atoms with E-state index in [9.17, 15) is 28.5 Å². The van der Waals surface area contributed by atoms with Crippen LogP contribution in [0.2, 0.25) is 0 Å². The summed E-state index contributed by atoms with van der Waals surface area (Å²) < 4.78 is 37.6. The number of carbonyl (C=O) groups is 1. The number of phenols is 1. The zero-order valence-electron chi connectivity index (χ0n) is 16.3. The average Bonchev–Trinajstić information content (AvgIpc) is 3.29. The van der Waals surface area contributed by atoms with Gasteiger partial charge in [-0.2, -0.15) is 8.42 Å². The van der Waals surface area contributed by atoms with Crippen LogP contribution in [0, 0.1) is 0 Å². The number of nitrogens with one attached hydrogen (secondary N) is 1. The van der Waals surface area contributed by atoms with E-state index in [1.54, 1.807) is 10.8 Å². The van der Waals surface area contributed by atoms with Crippen molar-refractivity contribution in [3.63, 3.8) is 0 Å². The Kier molecular flexibility index (Phi) is 5.70. The number of aliphatic hydroxyl groups excluding tert-OH is 2. The molecule has 1 aliphatic rings. The number of carbonyl (C=O) groups excluding carboxylic acids is 1. The fourth-order valence-electron chi connectivity index (χ4n) is 3.26. The van der Waals surface area contributed by atoms with E-state index < -0.39 is 53.1 Å². The van der Waals surface area contributed by atoms with Crippen LogP contribution in [0.15, 0.2) is 42.9 Å². The number of nitrogens with two attached hydrogens (primary N) is 1. The molecule has 1 fully saturated rings. The zero-order valence-corrected chi connectivity index (χ0v) is 17.1. The minimum atomic E-state index is -4.62. The third kappa shape index (κ3) is 4.09. The fourth-order valence-corrected chi connectivity index (χ4v) is 3.97. The molecule has 1 saturated heterocycles. The SMILES string of the molecule is Nc1ccnc2c1ncn2[C@@H]1O[C@H](COS(=O)(=O)NC(=O)c2ccccc2O)[C@@H](O)[C@H]1O. The van der Waals surface area contributed by atoms with Gasteiger partial charge in [0.15, 0.2) is 11.9 Å². The first-order chi connectivity index (χ1) is 15.2. The highest BCUT2D eigenvalue weighted by Gasteiger charge is 2.45. The summed E-state index contributed by atoms with van der Waals surface area (Å²) >= 11 is 0. The topological polar surface area (TPSA) is 199 Å². The summed E-state index contributed by atoms with van der Waals surface area (Å²) in [5, 5.41) is 30.4. The van der Waals surface area contributed by atoms with Crippen molar-refractivity contribution < 1.29 is 37.5 Å². The number of aromatic nitrogens is 3. The second kappa shape index (κ2) is 8.33. The van der Waals surface area contributed by atoms with E-state index in [-0.39, 0.29) is 5.56 Å². The number of para-hydroxylation sites is 1. The third-order valence-electron chi connectivity index (χ3n) is 4.86. The fraction of sp³-hybridized carbons (Fsp3) is 0.278. The van der Waals surface area contributed by atoms with Gasteiger partial charge in [-0.15, -0.1) is 0 Å². The predicted octanol–water partition coefficient (Wildman–Crippen LogP) is -0.970. The first-order valence-electron chi connectivity index (χ1n) is 9.26. The number of phenolic OH excluding ortho intramolecular Hbond substituents is 1. The minimum absolute atomic E-state index is 0.272. The lowest BCUT2D eigenvalue weighted by Crippen LogP contribution is -2.37. The van der Waals surface area contributed by atoms with Crippen LogP contribution in [0.5, 0.6) is 5.75 Å². The third-order valence-corrected chi connectivity index (χ3v) is 5.74. The molecule has 32 heavy (non-hydrogen) atoms. The lowest BCUT2D eigenvalue weighted by atomic mass is 10.1. The Balaban J connectivity index is 1.44. The lowest BCUT2D eigenvalue weighted by molar-refractivity contribution is -0.0468. The number of nitrogen functional groups attached to an aromatic ring is 1. The van der Waals surface area contributed by atoms with Gasteiger partial charge in [0.25, 0.3) is 5.91 Å². The van der Waals surface area contributed by atoms with Gasteiger partial charge in [-0.1, -0.05) is 12.1 Å². The molecule has 1 aromatic carbocycles. The van der Waals surface area contributed by atoms with E-state index in [0.29, 0.717) is 16.9 Å². The Morgan fingerprint density at radius 3 is 2.72 bits per heavy atom. The second-order valence-corrected chi connectivity index (χ2v) is 8.31. The van der Waals surface area contributed by atoms with Gasteiger partial charge in [-0.3, -0.25) is 13.5 Å². The van der Waals surface area contributed by atoms with Gasteiger partial charge in [-0.05, 0) is 18.2 Å².